The molecule has 2 saturated heterocycles. The highest BCUT2D eigenvalue weighted by atomic mass is 16.2. The normalized spacial score (nSPS) is 35.4. The topological polar surface area (TPSA) is 44.4 Å². The number of carbonyl (C=O) groups is 1. The van der Waals surface area contributed by atoms with Crippen molar-refractivity contribution in [3.8, 4) is 0 Å². The van der Waals surface area contributed by atoms with Crippen LogP contribution in [0.1, 0.15) is 26.2 Å². The molecule has 0 aromatic heterocycles. The first-order chi connectivity index (χ1) is 6.79. The Balaban J connectivity index is 1.97. The Hall–Kier alpha value is -0.610. The summed E-state index contributed by atoms with van der Waals surface area (Å²) < 4.78 is 0. The van der Waals surface area contributed by atoms with Crippen LogP contribution >= 0.6 is 0 Å². The highest BCUT2D eigenvalue weighted by molar-refractivity contribution is 5.82. The van der Waals surface area contributed by atoms with Crippen LogP contribution in [0.25, 0.3) is 0 Å². The van der Waals surface area contributed by atoms with E-state index in [1.54, 1.807) is 0 Å². The molecular formula is C10H19N3O. The molecule has 0 aromatic rings. The van der Waals surface area contributed by atoms with E-state index in [4.69, 9.17) is 0 Å². The summed E-state index contributed by atoms with van der Waals surface area (Å²) in [5, 5.41) is 6.38. The molecule has 2 heterocycles. The van der Waals surface area contributed by atoms with E-state index in [0.29, 0.717) is 6.17 Å². The van der Waals surface area contributed by atoms with Gasteiger partial charge < -0.3 is 10.6 Å². The SMILES string of the molecule is CC1C(=O)NCCN1C1CCCCN1. The van der Waals surface area contributed by atoms with Gasteiger partial charge in [-0.15, -0.1) is 0 Å². The predicted molar refractivity (Wildman–Crippen MR) is 54.8 cm³/mol. The summed E-state index contributed by atoms with van der Waals surface area (Å²) in [5.41, 5.74) is 0. The molecule has 0 radical (unpaired) electrons. The van der Waals surface area contributed by atoms with E-state index in [1.807, 2.05) is 6.92 Å². The smallest absolute Gasteiger partial charge is 0.237 e. The van der Waals surface area contributed by atoms with Crippen LogP contribution in [0.15, 0.2) is 0 Å². The summed E-state index contributed by atoms with van der Waals surface area (Å²) in [5.74, 6) is 0.170. The number of hydrogen-bond acceptors (Lipinski definition) is 3. The molecule has 2 rings (SSSR count). The molecule has 4 nitrogen and oxygen atoms in total. The molecule has 2 N–H and O–H groups in total. The Morgan fingerprint density at radius 1 is 1.36 bits per heavy atom. The molecule has 2 aliphatic rings. The van der Waals surface area contributed by atoms with Gasteiger partial charge in [0.1, 0.15) is 0 Å². The molecule has 2 unspecified atom stereocenters. The second-order valence-corrected chi connectivity index (χ2v) is 4.17. The maximum Gasteiger partial charge on any atom is 0.237 e. The molecular weight excluding hydrogens is 178 g/mol. The van der Waals surface area contributed by atoms with E-state index in [1.165, 1.54) is 19.3 Å². The van der Waals surface area contributed by atoms with Gasteiger partial charge in [0, 0.05) is 13.1 Å². The zero-order valence-electron chi connectivity index (χ0n) is 8.75. The zero-order chi connectivity index (χ0) is 9.97. The van der Waals surface area contributed by atoms with Crippen LogP contribution in [-0.2, 0) is 4.79 Å². The van der Waals surface area contributed by atoms with Crippen molar-refractivity contribution >= 4 is 5.91 Å². The van der Waals surface area contributed by atoms with Gasteiger partial charge in [-0.25, -0.2) is 0 Å². The average molecular weight is 197 g/mol. The van der Waals surface area contributed by atoms with Gasteiger partial charge in [-0.1, -0.05) is 0 Å². The maximum atomic E-state index is 11.5. The molecule has 14 heavy (non-hydrogen) atoms. The van der Waals surface area contributed by atoms with Gasteiger partial charge in [0.15, 0.2) is 0 Å². The number of nitrogens with one attached hydrogen (secondary N) is 2. The van der Waals surface area contributed by atoms with E-state index < -0.39 is 0 Å². The van der Waals surface area contributed by atoms with Gasteiger partial charge in [-0.05, 0) is 32.7 Å². The summed E-state index contributed by atoms with van der Waals surface area (Å²) >= 11 is 0. The molecule has 0 aliphatic carbocycles. The van der Waals surface area contributed by atoms with Crippen molar-refractivity contribution in [3.63, 3.8) is 0 Å². The van der Waals surface area contributed by atoms with Crippen LogP contribution in [0.3, 0.4) is 0 Å². The lowest BCUT2D eigenvalue weighted by atomic mass is 10.1. The van der Waals surface area contributed by atoms with Crippen molar-refractivity contribution in [1.82, 2.24) is 15.5 Å². The molecule has 0 saturated carbocycles. The summed E-state index contributed by atoms with van der Waals surface area (Å²) in [7, 11) is 0. The van der Waals surface area contributed by atoms with Crippen molar-refractivity contribution in [3.05, 3.63) is 0 Å². The van der Waals surface area contributed by atoms with Crippen LogP contribution in [0, 0.1) is 0 Å². The third-order valence-corrected chi connectivity index (χ3v) is 3.23. The lowest BCUT2D eigenvalue weighted by Gasteiger charge is -2.40. The van der Waals surface area contributed by atoms with E-state index in [2.05, 4.69) is 15.5 Å². The summed E-state index contributed by atoms with van der Waals surface area (Å²) in [6.07, 6.45) is 4.15. The van der Waals surface area contributed by atoms with Gasteiger partial charge in [-0.2, -0.15) is 0 Å². The number of piperidine rings is 1. The van der Waals surface area contributed by atoms with Gasteiger partial charge in [0.25, 0.3) is 0 Å². The summed E-state index contributed by atoms with van der Waals surface area (Å²) in [4.78, 5) is 13.8. The van der Waals surface area contributed by atoms with Crippen LogP contribution in [0.4, 0.5) is 0 Å². The van der Waals surface area contributed by atoms with E-state index in [-0.39, 0.29) is 11.9 Å². The van der Waals surface area contributed by atoms with E-state index in [9.17, 15) is 4.79 Å². The Kier molecular flexibility index (Phi) is 3.03. The molecule has 0 spiro atoms. The van der Waals surface area contributed by atoms with Gasteiger partial charge >= 0.3 is 0 Å². The Labute approximate surface area is 85.0 Å². The van der Waals surface area contributed by atoms with Crippen LogP contribution in [0.5, 0.6) is 0 Å². The average Bonchev–Trinajstić information content (AvgIpc) is 2.23. The quantitative estimate of drug-likeness (QED) is 0.617. The van der Waals surface area contributed by atoms with Crippen molar-refractivity contribution in [1.29, 1.82) is 0 Å². The molecule has 2 aliphatic heterocycles. The highest BCUT2D eigenvalue weighted by Gasteiger charge is 2.31. The lowest BCUT2D eigenvalue weighted by molar-refractivity contribution is -0.130. The first-order valence-electron chi connectivity index (χ1n) is 5.56. The van der Waals surface area contributed by atoms with E-state index in [0.717, 1.165) is 19.6 Å². The Morgan fingerprint density at radius 2 is 2.21 bits per heavy atom. The standard InChI is InChI=1S/C10H19N3O/c1-8-10(14)12-6-7-13(8)9-4-2-3-5-11-9/h8-9,11H,2-7H2,1H3,(H,12,14). The van der Waals surface area contributed by atoms with E-state index >= 15 is 0 Å². The number of rotatable bonds is 1. The molecule has 2 fully saturated rings. The largest absolute Gasteiger partial charge is 0.353 e. The molecule has 4 heteroatoms. The minimum absolute atomic E-state index is 0.0272. The molecule has 80 valence electrons. The third kappa shape index (κ3) is 1.91. The molecule has 1 amide bonds. The minimum Gasteiger partial charge on any atom is -0.353 e. The minimum atomic E-state index is 0.0272. The van der Waals surface area contributed by atoms with Gasteiger partial charge in [0.2, 0.25) is 5.91 Å². The maximum absolute atomic E-state index is 11.5. The van der Waals surface area contributed by atoms with Gasteiger partial charge in [0.05, 0.1) is 12.2 Å². The number of hydrogen-bond donors (Lipinski definition) is 2. The van der Waals surface area contributed by atoms with Gasteiger partial charge in [-0.3, -0.25) is 9.69 Å². The Bertz CT molecular complexity index is 213. The monoisotopic (exact) mass is 197 g/mol. The predicted octanol–water partition coefficient (Wildman–Crippen LogP) is -0.0937. The van der Waals surface area contributed by atoms with Crippen molar-refractivity contribution in [2.45, 2.75) is 38.4 Å². The van der Waals surface area contributed by atoms with Crippen molar-refractivity contribution in [2.75, 3.05) is 19.6 Å². The van der Waals surface area contributed by atoms with Crippen LogP contribution in [0.2, 0.25) is 0 Å². The number of piperazine rings is 1. The molecule has 0 aromatic carbocycles. The zero-order valence-corrected chi connectivity index (χ0v) is 8.75. The highest BCUT2D eigenvalue weighted by Crippen LogP contribution is 2.15. The van der Waals surface area contributed by atoms with Crippen molar-refractivity contribution < 1.29 is 4.79 Å². The first-order valence-corrected chi connectivity index (χ1v) is 5.56. The number of nitrogens with zero attached hydrogens (tertiary/aromatic N) is 1. The Morgan fingerprint density at radius 3 is 2.93 bits per heavy atom. The number of carbonyl (C=O) groups excluding carboxylic acids is 1. The molecule has 2 atom stereocenters. The summed E-state index contributed by atoms with van der Waals surface area (Å²) in [6.45, 7) is 4.85. The summed E-state index contributed by atoms with van der Waals surface area (Å²) in [6, 6.07) is 0.0272. The fraction of sp³-hybridized carbons (Fsp3) is 0.900. The second-order valence-electron chi connectivity index (χ2n) is 4.17. The second kappa shape index (κ2) is 4.28. The fourth-order valence-corrected chi connectivity index (χ4v) is 2.34. The van der Waals surface area contributed by atoms with Crippen LogP contribution in [-0.4, -0.2) is 42.6 Å². The molecule has 0 bridgehead atoms. The third-order valence-electron chi connectivity index (χ3n) is 3.23. The first kappa shape index (κ1) is 9.93. The van der Waals surface area contributed by atoms with Crippen molar-refractivity contribution in [2.24, 2.45) is 0 Å². The lowest BCUT2D eigenvalue weighted by Crippen LogP contribution is -2.61. The number of amides is 1. The fourth-order valence-electron chi connectivity index (χ4n) is 2.34. The van der Waals surface area contributed by atoms with Crippen LogP contribution < -0.4 is 10.6 Å².